The molecule has 0 aliphatic heterocycles. The third-order valence-corrected chi connectivity index (χ3v) is 4.63. The van der Waals surface area contributed by atoms with Crippen molar-refractivity contribution in [2.75, 3.05) is 0 Å². The lowest BCUT2D eigenvalue weighted by Gasteiger charge is -2.03. The molecule has 4 nitrogen and oxygen atoms in total. The van der Waals surface area contributed by atoms with Gasteiger partial charge in [0.15, 0.2) is 5.78 Å². The Labute approximate surface area is 187 Å². The van der Waals surface area contributed by atoms with Gasteiger partial charge in [0.2, 0.25) is 0 Å². The van der Waals surface area contributed by atoms with Crippen molar-refractivity contribution in [2.24, 2.45) is 0 Å². The summed E-state index contributed by atoms with van der Waals surface area (Å²) in [5.41, 5.74) is 3.26. The lowest BCUT2D eigenvalue weighted by molar-refractivity contribution is 0.0397. The van der Waals surface area contributed by atoms with Crippen LogP contribution in [-0.4, -0.2) is 17.7 Å². The topological polar surface area (TPSA) is 60.4 Å². The molecule has 0 saturated carbocycles. The van der Waals surface area contributed by atoms with Crippen LogP contribution in [0.1, 0.15) is 42.2 Å². The lowest BCUT2D eigenvalue weighted by Crippen LogP contribution is -2.12. The molecule has 4 heteroatoms. The number of carbonyl (C=O) groups is 3. The molecule has 0 saturated heterocycles. The first kappa shape index (κ1) is 22.4. The van der Waals surface area contributed by atoms with Gasteiger partial charge in [-0.05, 0) is 36.8 Å². The normalized spacial score (nSPS) is 9.78. The number of esters is 2. The van der Waals surface area contributed by atoms with E-state index in [1.54, 1.807) is 60.7 Å². The molecule has 0 radical (unpaired) electrons. The highest BCUT2D eigenvalue weighted by Gasteiger charge is 2.13. The van der Waals surface area contributed by atoms with Crippen molar-refractivity contribution in [1.82, 2.24) is 0 Å². The van der Waals surface area contributed by atoms with E-state index in [0.29, 0.717) is 11.1 Å². The zero-order chi connectivity index (χ0) is 22.8. The van der Waals surface area contributed by atoms with E-state index in [9.17, 15) is 14.4 Å². The molecule has 0 spiro atoms. The van der Waals surface area contributed by atoms with Crippen LogP contribution >= 0.6 is 0 Å². The van der Waals surface area contributed by atoms with Gasteiger partial charge in [-0.15, -0.1) is 0 Å². The maximum atomic E-state index is 12.1. The fourth-order valence-electron chi connectivity index (χ4n) is 2.92. The summed E-state index contributed by atoms with van der Waals surface area (Å²) < 4.78 is 4.74. The molecule has 0 bridgehead atoms. The summed E-state index contributed by atoms with van der Waals surface area (Å²) in [6.07, 6.45) is 0. The average Bonchev–Trinajstić information content (AvgIpc) is 2.86. The summed E-state index contributed by atoms with van der Waals surface area (Å²) in [6.45, 7) is 1.95. The SMILES string of the molecule is Cc1ccccc1C(=O)c1ccccc1.O=C(OC(=O)c1ccccc1)c1ccccc1. The molecule has 158 valence electrons. The number of carbonyl (C=O) groups excluding carboxylic acids is 3. The molecular formula is C28H22O4. The first-order valence-electron chi connectivity index (χ1n) is 10.1. The molecule has 0 aliphatic rings. The number of benzene rings is 4. The van der Waals surface area contributed by atoms with Gasteiger partial charge in [0.25, 0.3) is 0 Å². The van der Waals surface area contributed by atoms with Crippen LogP contribution in [0, 0.1) is 6.92 Å². The summed E-state index contributed by atoms with van der Waals surface area (Å²) in [4.78, 5) is 35.2. The van der Waals surface area contributed by atoms with Crippen LogP contribution in [0.3, 0.4) is 0 Å². The van der Waals surface area contributed by atoms with Crippen molar-refractivity contribution < 1.29 is 19.1 Å². The van der Waals surface area contributed by atoms with E-state index in [1.165, 1.54) is 0 Å². The Balaban J connectivity index is 0.000000182. The Bertz CT molecular complexity index is 1130. The predicted octanol–water partition coefficient (Wildman–Crippen LogP) is 5.91. The molecule has 0 fully saturated rings. The fraction of sp³-hybridized carbons (Fsp3) is 0.0357. The van der Waals surface area contributed by atoms with E-state index in [-0.39, 0.29) is 5.78 Å². The second-order valence-corrected chi connectivity index (χ2v) is 6.92. The molecule has 0 heterocycles. The second kappa shape index (κ2) is 11.2. The Morgan fingerprint density at radius 1 is 0.500 bits per heavy atom. The van der Waals surface area contributed by atoms with Crippen molar-refractivity contribution in [1.29, 1.82) is 0 Å². The number of ketones is 1. The second-order valence-electron chi connectivity index (χ2n) is 6.92. The van der Waals surface area contributed by atoms with Crippen LogP contribution < -0.4 is 0 Å². The quantitative estimate of drug-likeness (QED) is 0.233. The van der Waals surface area contributed by atoms with Gasteiger partial charge in [0, 0.05) is 11.1 Å². The summed E-state index contributed by atoms with van der Waals surface area (Å²) in [5.74, 6) is -1.19. The van der Waals surface area contributed by atoms with Crippen LogP contribution in [-0.2, 0) is 4.74 Å². The minimum atomic E-state index is -0.639. The number of rotatable bonds is 4. The number of hydrogen-bond acceptors (Lipinski definition) is 4. The zero-order valence-electron chi connectivity index (χ0n) is 17.6. The highest BCUT2D eigenvalue weighted by Crippen LogP contribution is 2.13. The molecule has 0 amide bonds. The van der Waals surface area contributed by atoms with Crippen LogP contribution in [0.5, 0.6) is 0 Å². The predicted molar refractivity (Wildman–Crippen MR) is 124 cm³/mol. The van der Waals surface area contributed by atoms with Crippen LogP contribution in [0.15, 0.2) is 115 Å². The van der Waals surface area contributed by atoms with Crippen molar-refractivity contribution >= 4 is 17.7 Å². The molecule has 32 heavy (non-hydrogen) atoms. The molecular weight excluding hydrogens is 400 g/mol. The minimum absolute atomic E-state index is 0.0914. The molecule has 0 N–H and O–H groups in total. The molecule has 0 aliphatic carbocycles. The van der Waals surface area contributed by atoms with E-state index in [1.807, 2.05) is 61.5 Å². The van der Waals surface area contributed by atoms with Crippen LogP contribution in [0.4, 0.5) is 0 Å². The van der Waals surface area contributed by atoms with Gasteiger partial charge in [0.05, 0.1) is 11.1 Å². The Morgan fingerprint density at radius 3 is 1.31 bits per heavy atom. The van der Waals surface area contributed by atoms with E-state index >= 15 is 0 Å². The monoisotopic (exact) mass is 422 g/mol. The van der Waals surface area contributed by atoms with Crippen LogP contribution in [0.2, 0.25) is 0 Å². The van der Waals surface area contributed by atoms with Crippen LogP contribution in [0.25, 0.3) is 0 Å². The molecule has 4 aromatic carbocycles. The van der Waals surface area contributed by atoms with E-state index in [2.05, 4.69) is 0 Å². The van der Waals surface area contributed by atoms with Crippen molar-refractivity contribution in [3.63, 3.8) is 0 Å². The highest BCUT2D eigenvalue weighted by atomic mass is 16.6. The summed E-state index contributed by atoms with van der Waals surface area (Å²) in [6, 6.07) is 33.8. The number of aryl methyl sites for hydroxylation is 1. The third-order valence-electron chi connectivity index (χ3n) is 4.63. The summed E-state index contributed by atoms with van der Waals surface area (Å²) in [7, 11) is 0. The molecule has 0 aromatic heterocycles. The fourth-order valence-corrected chi connectivity index (χ4v) is 2.92. The Hall–Kier alpha value is -4.31. The van der Waals surface area contributed by atoms with Gasteiger partial charge < -0.3 is 4.74 Å². The molecule has 4 aromatic rings. The van der Waals surface area contributed by atoms with E-state index < -0.39 is 11.9 Å². The number of ether oxygens (including phenoxy) is 1. The minimum Gasteiger partial charge on any atom is -0.386 e. The van der Waals surface area contributed by atoms with Gasteiger partial charge in [-0.1, -0.05) is 91.0 Å². The van der Waals surface area contributed by atoms with Crippen molar-refractivity contribution in [3.8, 4) is 0 Å². The summed E-state index contributed by atoms with van der Waals surface area (Å²) in [5, 5.41) is 0. The highest BCUT2D eigenvalue weighted by molar-refractivity contribution is 6.09. The maximum Gasteiger partial charge on any atom is 0.346 e. The number of hydrogen-bond donors (Lipinski definition) is 0. The standard InChI is InChI=1S/C14H10O3.C14H12O/c15-13(11-7-3-1-4-8-11)17-14(16)12-9-5-2-6-10-12;1-11-7-5-6-10-13(11)14(15)12-8-3-2-4-9-12/h1-10H;2-10H,1H3. The van der Waals surface area contributed by atoms with Crippen molar-refractivity contribution in [3.05, 3.63) is 143 Å². The van der Waals surface area contributed by atoms with Crippen molar-refractivity contribution in [2.45, 2.75) is 6.92 Å². The smallest absolute Gasteiger partial charge is 0.346 e. The molecule has 4 rings (SSSR count). The van der Waals surface area contributed by atoms with Gasteiger partial charge in [-0.25, -0.2) is 9.59 Å². The first-order chi connectivity index (χ1) is 15.6. The largest absolute Gasteiger partial charge is 0.386 e. The first-order valence-corrected chi connectivity index (χ1v) is 10.1. The molecule has 0 atom stereocenters. The van der Waals surface area contributed by atoms with E-state index in [0.717, 1.165) is 16.7 Å². The Morgan fingerprint density at radius 2 is 0.875 bits per heavy atom. The average molecular weight is 422 g/mol. The third kappa shape index (κ3) is 6.09. The zero-order valence-corrected chi connectivity index (χ0v) is 17.6. The molecule has 0 unspecified atom stereocenters. The van der Waals surface area contributed by atoms with E-state index in [4.69, 9.17) is 4.74 Å². The van der Waals surface area contributed by atoms with Gasteiger partial charge in [-0.2, -0.15) is 0 Å². The van der Waals surface area contributed by atoms with Gasteiger partial charge >= 0.3 is 11.9 Å². The Kier molecular flexibility index (Phi) is 7.82. The maximum absolute atomic E-state index is 12.1. The summed E-state index contributed by atoms with van der Waals surface area (Å²) >= 11 is 0. The van der Waals surface area contributed by atoms with Gasteiger partial charge in [-0.3, -0.25) is 4.79 Å². The van der Waals surface area contributed by atoms with Gasteiger partial charge in [0.1, 0.15) is 0 Å². The lowest BCUT2D eigenvalue weighted by atomic mass is 9.99.